The van der Waals surface area contributed by atoms with Crippen molar-refractivity contribution in [2.45, 2.75) is 6.92 Å². The molecule has 0 spiro atoms. The third kappa shape index (κ3) is 2.64. The van der Waals surface area contributed by atoms with Crippen LogP contribution in [-0.2, 0) is 0 Å². The molecule has 0 saturated heterocycles. The summed E-state index contributed by atoms with van der Waals surface area (Å²) in [6, 6.07) is 13.3. The topological polar surface area (TPSA) is 33.2 Å². The highest BCUT2D eigenvalue weighted by atomic mass is 32.1. The molecule has 0 fully saturated rings. The molecule has 3 nitrogen and oxygen atoms in total. The van der Waals surface area contributed by atoms with Crippen LogP contribution < -0.4 is 4.90 Å². The Balaban J connectivity index is 1.97. The number of para-hydroxylation sites is 1. The highest BCUT2D eigenvalue weighted by Gasteiger charge is 2.19. The highest BCUT2D eigenvalue weighted by Crippen LogP contribution is 2.29. The van der Waals surface area contributed by atoms with Crippen LogP contribution in [0.25, 0.3) is 10.2 Å². The summed E-state index contributed by atoms with van der Waals surface area (Å²) in [6.45, 7) is 2.41. The molecule has 1 aromatic heterocycles. The van der Waals surface area contributed by atoms with Gasteiger partial charge < -0.3 is 0 Å². The molecule has 0 N–H and O–H groups in total. The Labute approximate surface area is 125 Å². The zero-order valence-corrected chi connectivity index (χ0v) is 12.2. The molecule has 5 heteroatoms. The molecule has 21 heavy (non-hydrogen) atoms. The van der Waals surface area contributed by atoms with Gasteiger partial charge in [0.25, 0.3) is 5.91 Å². The number of carbonyl (C=O) groups excluding carboxylic acids is 1. The van der Waals surface area contributed by atoms with Gasteiger partial charge in [-0.15, -0.1) is 0 Å². The van der Waals surface area contributed by atoms with Crippen molar-refractivity contribution in [3.05, 3.63) is 59.9 Å². The zero-order valence-electron chi connectivity index (χ0n) is 11.4. The molecule has 2 aromatic carbocycles. The molecule has 3 rings (SSSR count). The lowest BCUT2D eigenvalue weighted by Crippen LogP contribution is -2.30. The fourth-order valence-corrected chi connectivity index (χ4v) is 3.12. The highest BCUT2D eigenvalue weighted by molar-refractivity contribution is 7.22. The summed E-state index contributed by atoms with van der Waals surface area (Å²) >= 11 is 1.48. The molecule has 0 aliphatic rings. The van der Waals surface area contributed by atoms with Crippen LogP contribution in [0.2, 0.25) is 0 Å². The summed E-state index contributed by atoms with van der Waals surface area (Å²) < 4.78 is 14.0. The van der Waals surface area contributed by atoms with Gasteiger partial charge in [0.05, 0.1) is 10.2 Å². The summed E-state index contributed by atoms with van der Waals surface area (Å²) in [7, 11) is 0. The SMILES string of the molecule is CCN(C(=O)c1ccc(F)cc1)c1nc2ccccc2s1. The average molecular weight is 300 g/mol. The molecule has 1 amide bonds. The number of aromatic nitrogens is 1. The maximum Gasteiger partial charge on any atom is 0.260 e. The standard InChI is InChI=1S/C16H13FN2OS/c1-2-19(15(20)11-7-9-12(17)10-8-11)16-18-13-5-3-4-6-14(13)21-16/h3-10H,2H2,1H3. The fraction of sp³-hybridized carbons (Fsp3) is 0.125. The molecule has 106 valence electrons. The van der Waals surface area contributed by atoms with Crippen molar-refractivity contribution in [2.75, 3.05) is 11.4 Å². The molecule has 0 unspecified atom stereocenters. The Kier molecular flexibility index (Phi) is 3.66. The number of benzene rings is 2. The van der Waals surface area contributed by atoms with Gasteiger partial charge in [-0.25, -0.2) is 9.37 Å². The molecule has 0 radical (unpaired) electrons. The fourth-order valence-electron chi connectivity index (χ4n) is 2.09. The van der Waals surface area contributed by atoms with E-state index in [0.29, 0.717) is 17.2 Å². The number of nitrogens with zero attached hydrogens (tertiary/aromatic N) is 2. The van der Waals surface area contributed by atoms with Gasteiger partial charge in [-0.1, -0.05) is 23.5 Å². The van der Waals surface area contributed by atoms with E-state index in [9.17, 15) is 9.18 Å². The summed E-state index contributed by atoms with van der Waals surface area (Å²) in [6.07, 6.45) is 0. The van der Waals surface area contributed by atoms with Gasteiger partial charge in [-0.2, -0.15) is 0 Å². The Morgan fingerprint density at radius 1 is 1.19 bits per heavy atom. The van der Waals surface area contributed by atoms with Crippen molar-refractivity contribution in [1.82, 2.24) is 4.98 Å². The third-order valence-electron chi connectivity index (χ3n) is 3.17. The van der Waals surface area contributed by atoms with Crippen LogP contribution in [-0.4, -0.2) is 17.4 Å². The lowest BCUT2D eigenvalue weighted by molar-refractivity contribution is 0.0988. The predicted octanol–water partition coefficient (Wildman–Crippen LogP) is 4.10. The first-order valence-corrected chi connectivity index (χ1v) is 7.43. The van der Waals surface area contributed by atoms with E-state index in [0.717, 1.165) is 10.2 Å². The number of amides is 1. The number of rotatable bonds is 3. The molecular weight excluding hydrogens is 287 g/mol. The van der Waals surface area contributed by atoms with Gasteiger partial charge in [0.1, 0.15) is 5.82 Å². The van der Waals surface area contributed by atoms with Crippen molar-refractivity contribution >= 4 is 32.6 Å². The minimum atomic E-state index is -0.352. The van der Waals surface area contributed by atoms with Crippen molar-refractivity contribution in [3.8, 4) is 0 Å². The van der Waals surface area contributed by atoms with Crippen molar-refractivity contribution in [3.63, 3.8) is 0 Å². The van der Waals surface area contributed by atoms with E-state index >= 15 is 0 Å². The van der Waals surface area contributed by atoms with Gasteiger partial charge in [0.15, 0.2) is 5.13 Å². The van der Waals surface area contributed by atoms with Crippen molar-refractivity contribution in [1.29, 1.82) is 0 Å². The minimum Gasteiger partial charge on any atom is -0.284 e. The average Bonchev–Trinajstić information content (AvgIpc) is 2.92. The molecule has 0 aliphatic carbocycles. The second kappa shape index (κ2) is 5.61. The first kappa shape index (κ1) is 13.7. The van der Waals surface area contributed by atoms with Crippen molar-refractivity contribution in [2.24, 2.45) is 0 Å². The molecule has 0 bridgehead atoms. The summed E-state index contributed by atoms with van der Waals surface area (Å²) in [5.74, 6) is -0.522. The maximum absolute atomic E-state index is 13.0. The predicted molar refractivity (Wildman–Crippen MR) is 83.4 cm³/mol. The Bertz CT molecular complexity index is 749. The van der Waals surface area contributed by atoms with Gasteiger partial charge in [0.2, 0.25) is 0 Å². The summed E-state index contributed by atoms with van der Waals surface area (Å²) in [4.78, 5) is 18.6. The Morgan fingerprint density at radius 3 is 2.57 bits per heavy atom. The van der Waals surface area contributed by atoms with E-state index in [1.54, 1.807) is 4.90 Å². The smallest absolute Gasteiger partial charge is 0.260 e. The monoisotopic (exact) mass is 300 g/mol. The van der Waals surface area contributed by atoms with Gasteiger partial charge >= 0.3 is 0 Å². The number of fused-ring (bicyclic) bond motifs is 1. The van der Waals surface area contributed by atoms with E-state index < -0.39 is 0 Å². The van der Waals surface area contributed by atoms with Crippen LogP contribution in [0.3, 0.4) is 0 Å². The molecule has 0 aliphatic heterocycles. The quantitative estimate of drug-likeness (QED) is 0.729. The first-order valence-electron chi connectivity index (χ1n) is 6.62. The van der Waals surface area contributed by atoms with E-state index in [4.69, 9.17) is 0 Å². The zero-order chi connectivity index (χ0) is 14.8. The van der Waals surface area contributed by atoms with Crippen LogP contribution in [0.5, 0.6) is 0 Å². The van der Waals surface area contributed by atoms with Gasteiger partial charge in [-0.3, -0.25) is 9.69 Å². The van der Waals surface area contributed by atoms with Crippen molar-refractivity contribution < 1.29 is 9.18 Å². The van der Waals surface area contributed by atoms with Gasteiger partial charge in [-0.05, 0) is 43.3 Å². The number of thiazole rings is 1. The van der Waals surface area contributed by atoms with E-state index in [2.05, 4.69) is 4.98 Å². The molecular formula is C16H13FN2OS. The first-order chi connectivity index (χ1) is 10.2. The van der Waals surface area contributed by atoms with E-state index in [1.807, 2.05) is 31.2 Å². The second-order valence-corrected chi connectivity index (χ2v) is 5.53. The maximum atomic E-state index is 13.0. The van der Waals surface area contributed by atoms with Crippen LogP contribution in [0.1, 0.15) is 17.3 Å². The van der Waals surface area contributed by atoms with E-state index in [1.165, 1.54) is 35.6 Å². The Morgan fingerprint density at radius 2 is 1.90 bits per heavy atom. The number of halogens is 1. The number of hydrogen-bond donors (Lipinski definition) is 0. The van der Waals surface area contributed by atoms with Crippen LogP contribution in [0.15, 0.2) is 48.5 Å². The summed E-state index contributed by atoms with van der Waals surface area (Å²) in [5.41, 5.74) is 1.33. The molecule has 0 atom stereocenters. The lowest BCUT2D eigenvalue weighted by Gasteiger charge is -2.17. The van der Waals surface area contributed by atoms with Crippen LogP contribution >= 0.6 is 11.3 Å². The summed E-state index contributed by atoms with van der Waals surface area (Å²) in [5, 5.41) is 0.660. The molecule has 0 saturated carbocycles. The minimum absolute atomic E-state index is 0.170. The number of anilines is 1. The largest absolute Gasteiger partial charge is 0.284 e. The molecule has 3 aromatic rings. The third-order valence-corrected chi connectivity index (χ3v) is 4.23. The van der Waals surface area contributed by atoms with Crippen LogP contribution in [0, 0.1) is 5.82 Å². The number of carbonyl (C=O) groups is 1. The van der Waals surface area contributed by atoms with E-state index in [-0.39, 0.29) is 11.7 Å². The number of hydrogen-bond acceptors (Lipinski definition) is 3. The van der Waals surface area contributed by atoms with Crippen LogP contribution in [0.4, 0.5) is 9.52 Å². The Hall–Kier alpha value is -2.27. The normalized spacial score (nSPS) is 10.8. The van der Waals surface area contributed by atoms with Gasteiger partial charge in [0, 0.05) is 12.1 Å². The second-order valence-electron chi connectivity index (χ2n) is 4.52. The molecule has 1 heterocycles. The lowest BCUT2D eigenvalue weighted by atomic mass is 10.2.